The molecule has 4 rings (SSSR count). The van der Waals surface area contributed by atoms with Gasteiger partial charge in [-0.15, -0.1) is 10.2 Å². The highest BCUT2D eigenvalue weighted by molar-refractivity contribution is 7.15. The first-order valence-corrected chi connectivity index (χ1v) is 10.3. The van der Waals surface area contributed by atoms with E-state index >= 15 is 0 Å². The first-order chi connectivity index (χ1) is 13.3. The van der Waals surface area contributed by atoms with Crippen LogP contribution in [-0.2, 0) is 13.0 Å². The summed E-state index contributed by atoms with van der Waals surface area (Å²) in [5.74, 6) is 1.36. The molecule has 1 aliphatic rings. The first-order valence-electron chi connectivity index (χ1n) is 9.48. The fourth-order valence-electron chi connectivity index (χ4n) is 3.44. The molecule has 6 nitrogen and oxygen atoms in total. The molecule has 0 aromatic carbocycles. The normalized spacial score (nSPS) is 15.7. The number of aromatic nitrogens is 4. The molecular formula is C20H24N6S. The molecule has 0 radical (unpaired) electrons. The van der Waals surface area contributed by atoms with Crippen molar-refractivity contribution in [1.29, 1.82) is 0 Å². The van der Waals surface area contributed by atoms with Crippen LogP contribution in [-0.4, -0.2) is 38.2 Å². The number of hydrogen-bond acceptors (Lipinski definition) is 7. The minimum atomic E-state index is 0.512. The van der Waals surface area contributed by atoms with E-state index in [1.165, 1.54) is 11.3 Å². The molecule has 140 valence electrons. The summed E-state index contributed by atoms with van der Waals surface area (Å²) in [7, 11) is 0. The topological polar surface area (TPSA) is 66.8 Å². The molecule has 1 aliphatic heterocycles. The summed E-state index contributed by atoms with van der Waals surface area (Å²) in [6.45, 7) is 5.25. The van der Waals surface area contributed by atoms with Crippen LogP contribution in [0.5, 0.6) is 0 Å². The molecule has 3 aromatic rings. The lowest BCUT2D eigenvalue weighted by atomic mass is 9.93. The molecule has 0 unspecified atom stereocenters. The molecule has 0 saturated carbocycles. The summed E-state index contributed by atoms with van der Waals surface area (Å²) in [4.78, 5) is 11.5. The minimum absolute atomic E-state index is 0.512. The molecule has 0 spiro atoms. The third-order valence-electron chi connectivity index (χ3n) is 4.91. The van der Waals surface area contributed by atoms with Crippen LogP contribution in [0.15, 0.2) is 42.7 Å². The van der Waals surface area contributed by atoms with Crippen LogP contribution in [0.1, 0.15) is 41.9 Å². The second kappa shape index (κ2) is 8.54. The summed E-state index contributed by atoms with van der Waals surface area (Å²) < 4.78 is 0. The maximum atomic E-state index is 4.84. The van der Waals surface area contributed by atoms with E-state index in [1.54, 1.807) is 11.3 Å². The van der Waals surface area contributed by atoms with Crippen molar-refractivity contribution in [2.75, 3.05) is 18.4 Å². The number of anilines is 2. The van der Waals surface area contributed by atoms with Gasteiger partial charge in [-0.1, -0.05) is 30.4 Å². The van der Waals surface area contributed by atoms with Crippen molar-refractivity contribution in [2.45, 2.75) is 38.6 Å². The number of piperidine rings is 1. The van der Waals surface area contributed by atoms with Gasteiger partial charge in [-0.05, 0) is 56.1 Å². The van der Waals surface area contributed by atoms with Gasteiger partial charge in [0.1, 0.15) is 10.8 Å². The van der Waals surface area contributed by atoms with Crippen molar-refractivity contribution < 1.29 is 0 Å². The van der Waals surface area contributed by atoms with Gasteiger partial charge in [0.25, 0.3) is 0 Å². The van der Waals surface area contributed by atoms with Crippen molar-refractivity contribution in [3.8, 4) is 0 Å². The zero-order valence-corrected chi connectivity index (χ0v) is 16.3. The van der Waals surface area contributed by atoms with Crippen LogP contribution in [0.3, 0.4) is 0 Å². The molecule has 7 heteroatoms. The Balaban J connectivity index is 1.35. The van der Waals surface area contributed by atoms with E-state index in [4.69, 9.17) is 4.98 Å². The summed E-state index contributed by atoms with van der Waals surface area (Å²) in [6.07, 6.45) is 6.96. The molecule has 1 N–H and O–H groups in total. The van der Waals surface area contributed by atoms with Crippen molar-refractivity contribution in [3.05, 3.63) is 59.0 Å². The van der Waals surface area contributed by atoms with E-state index in [0.717, 1.165) is 54.9 Å². The smallest absolute Gasteiger partial charge is 0.211 e. The van der Waals surface area contributed by atoms with Crippen LogP contribution >= 0.6 is 11.3 Å². The van der Waals surface area contributed by atoms with E-state index in [-0.39, 0.29) is 0 Å². The summed E-state index contributed by atoms with van der Waals surface area (Å²) in [5, 5.41) is 13.5. The first kappa shape index (κ1) is 18.0. The number of rotatable bonds is 6. The zero-order chi connectivity index (χ0) is 18.5. The number of likely N-dealkylation sites (tertiary alicyclic amines) is 1. The van der Waals surface area contributed by atoms with Crippen LogP contribution in [0.2, 0.25) is 0 Å². The Labute approximate surface area is 163 Å². The molecule has 0 amide bonds. The maximum absolute atomic E-state index is 4.84. The number of aryl methyl sites for hydroxylation is 1. The highest BCUT2D eigenvalue weighted by Crippen LogP contribution is 2.29. The molecular weight excluding hydrogens is 356 g/mol. The summed E-state index contributed by atoms with van der Waals surface area (Å²) >= 11 is 1.59. The van der Waals surface area contributed by atoms with Gasteiger partial charge in [0.15, 0.2) is 0 Å². The van der Waals surface area contributed by atoms with Gasteiger partial charge >= 0.3 is 0 Å². The molecule has 1 saturated heterocycles. The van der Waals surface area contributed by atoms with Crippen LogP contribution in [0.4, 0.5) is 10.9 Å². The molecule has 0 bridgehead atoms. The Bertz CT molecular complexity index is 858. The predicted molar refractivity (Wildman–Crippen MR) is 108 cm³/mol. The second-order valence-electron chi connectivity index (χ2n) is 6.84. The quantitative estimate of drug-likeness (QED) is 0.697. The van der Waals surface area contributed by atoms with Crippen molar-refractivity contribution in [1.82, 2.24) is 25.1 Å². The second-order valence-corrected chi connectivity index (χ2v) is 7.90. The van der Waals surface area contributed by atoms with E-state index in [9.17, 15) is 0 Å². The Kier molecular flexibility index (Phi) is 5.69. The van der Waals surface area contributed by atoms with Gasteiger partial charge in [0, 0.05) is 30.6 Å². The number of nitrogens with one attached hydrogen (secondary N) is 1. The summed E-state index contributed by atoms with van der Waals surface area (Å²) in [5.41, 5.74) is 2.45. The highest BCUT2D eigenvalue weighted by Gasteiger charge is 2.22. The number of nitrogens with zero attached hydrogens (tertiary/aromatic N) is 5. The third kappa shape index (κ3) is 4.67. The predicted octanol–water partition coefficient (Wildman–Crippen LogP) is 4.01. The lowest BCUT2D eigenvalue weighted by Crippen LogP contribution is -2.32. The van der Waals surface area contributed by atoms with Crippen molar-refractivity contribution in [2.24, 2.45) is 0 Å². The van der Waals surface area contributed by atoms with Gasteiger partial charge in [-0.3, -0.25) is 9.88 Å². The van der Waals surface area contributed by atoms with Crippen LogP contribution in [0, 0.1) is 0 Å². The molecule has 3 aromatic heterocycles. The van der Waals surface area contributed by atoms with Crippen LogP contribution in [0.25, 0.3) is 0 Å². The summed E-state index contributed by atoms with van der Waals surface area (Å²) in [6, 6.07) is 10.4. The minimum Gasteiger partial charge on any atom is -0.315 e. The lowest BCUT2D eigenvalue weighted by molar-refractivity contribution is 0.203. The van der Waals surface area contributed by atoms with Gasteiger partial charge in [-0.2, -0.15) is 0 Å². The highest BCUT2D eigenvalue weighted by atomic mass is 32.1. The molecule has 1 fully saturated rings. The average Bonchev–Trinajstić information content (AvgIpc) is 3.17. The SMILES string of the molecule is CCc1nnc(Nc2cccc(C3CCN(Cc4cccnc4)CC3)n2)s1. The Morgan fingerprint density at radius 3 is 2.78 bits per heavy atom. The Morgan fingerprint density at radius 2 is 2.04 bits per heavy atom. The van der Waals surface area contributed by atoms with Crippen molar-refractivity contribution >= 4 is 22.3 Å². The number of pyridine rings is 2. The van der Waals surface area contributed by atoms with Gasteiger partial charge in [-0.25, -0.2) is 4.98 Å². The standard InChI is InChI=1S/C20H24N6S/c1-2-19-24-25-20(27-19)23-18-7-3-6-17(22-18)16-8-11-26(12-9-16)14-15-5-4-10-21-13-15/h3-7,10,13,16H,2,8-9,11-12,14H2,1H3,(H,22,23,25). The molecule has 0 atom stereocenters. The van der Waals surface area contributed by atoms with Gasteiger partial charge in [0.05, 0.1) is 0 Å². The van der Waals surface area contributed by atoms with E-state index in [1.807, 2.05) is 24.5 Å². The number of hydrogen-bond donors (Lipinski definition) is 1. The van der Waals surface area contributed by atoms with E-state index < -0.39 is 0 Å². The average molecular weight is 381 g/mol. The van der Waals surface area contributed by atoms with E-state index in [2.05, 4.69) is 50.5 Å². The van der Waals surface area contributed by atoms with Crippen molar-refractivity contribution in [3.63, 3.8) is 0 Å². The molecule has 4 heterocycles. The molecule has 0 aliphatic carbocycles. The Hall–Kier alpha value is -2.38. The van der Waals surface area contributed by atoms with Crippen LogP contribution < -0.4 is 5.32 Å². The third-order valence-corrected chi connectivity index (χ3v) is 5.89. The fourth-order valence-corrected chi connectivity index (χ4v) is 4.13. The lowest BCUT2D eigenvalue weighted by Gasteiger charge is -2.31. The molecule has 27 heavy (non-hydrogen) atoms. The largest absolute Gasteiger partial charge is 0.315 e. The van der Waals surface area contributed by atoms with Gasteiger partial charge in [0.2, 0.25) is 5.13 Å². The fraction of sp³-hybridized carbons (Fsp3) is 0.400. The van der Waals surface area contributed by atoms with E-state index in [0.29, 0.717) is 5.92 Å². The Morgan fingerprint density at radius 1 is 1.15 bits per heavy atom. The maximum Gasteiger partial charge on any atom is 0.211 e. The monoisotopic (exact) mass is 380 g/mol. The van der Waals surface area contributed by atoms with Gasteiger partial charge < -0.3 is 5.32 Å². The zero-order valence-electron chi connectivity index (χ0n) is 15.5.